The van der Waals surface area contributed by atoms with Crippen molar-refractivity contribution in [2.45, 2.75) is 32.9 Å². The van der Waals surface area contributed by atoms with E-state index in [-0.39, 0.29) is 24.5 Å². The highest BCUT2D eigenvalue weighted by molar-refractivity contribution is 6.07. The Kier molecular flexibility index (Phi) is 6.53. The van der Waals surface area contributed by atoms with Crippen LogP contribution < -0.4 is 20.1 Å². The summed E-state index contributed by atoms with van der Waals surface area (Å²) in [6.45, 7) is 4.56. The van der Waals surface area contributed by atoms with Gasteiger partial charge in [-0.1, -0.05) is 25.1 Å². The van der Waals surface area contributed by atoms with Crippen LogP contribution in [0.25, 0.3) is 11.0 Å². The van der Waals surface area contributed by atoms with Crippen molar-refractivity contribution in [3.05, 3.63) is 77.9 Å². The molecular formula is C27H27N5O4. The van der Waals surface area contributed by atoms with Gasteiger partial charge in [0.05, 0.1) is 29.7 Å². The predicted octanol–water partition coefficient (Wildman–Crippen LogP) is 3.57. The number of para-hydroxylation sites is 2. The van der Waals surface area contributed by atoms with Gasteiger partial charge in [0.25, 0.3) is 5.91 Å². The molecule has 1 aliphatic heterocycles. The molecule has 0 saturated heterocycles. The first kappa shape index (κ1) is 23.3. The van der Waals surface area contributed by atoms with Crippen LogP contribution in [0.5, 0.6) is 11.5 Å². The van der Waals surface area contributed by atoms with E-state index in [1.165, 1.54) is 6.92 Å². The van der Waals surface area contributed by atoms with E-state index in [1.54, 1.807) is 24.5 Å². The number of rotatable bonds is 7. The number of carbonyl (C=O) groups excluding carboxylic acids is 2. The Bertz CT molecular complexity index is 1420. The van der Waals surface area contributed by atoms with Crippen molar-refractivity contribution in [2.24, 2.45) is 0 Å². The number of benzene rings is 2. The van der Waals surface area contributed by atoms with Crippen molar-refractivity contribution in [3.8, 4) is 11.5 Å². The second-order valence-corrected chi connectivity index (χ2v) is 8.61. The lowest BCUT2D eigenvalue weighted by atomic mass is 10.1. The van der Waals surface area contributed by atoms with Crippen LogP contribution in [0.3, 0.4) is 0 Å². The molecule has 1 aliphatic rings. The molecule has 2 aromatic heterocycles. The Balaban J connectivity index is 1.47. The van der Waals surface area contributed by atoms with E-state index in [0.29, 0.717) is 53.4 Å². The first-order valence-corrected chi connectivity index (χ1v) is 11.9. The molecule has 0 fully saturated rings. The molecule has 184 valence electrons. The standard InChI is InChI=1S/C27H27N5O4/c1-3-25-31-22-12-19(30-17(2)33)11-21(26(22)32(25)15-18-7-6-10-28-13-18)27(34)29-14-20-16-35-23-8-4-5-9-24(23)36-20/h4-13,20H,3,14-16H2,1-2H3,(H,29,34)(H,30,33)/t20-/m0/s1. The number of anilines is 1. The fourth-order valence-corrected chi connectivity index (χ4v) is 4.34. The van der Waals surface area contributed by atoms with Crippen molar-refractivity contribution >= 4 is 28.5 Å². The highest BCUT2D eigenvalue weighted by Gasteiger charge is 2.24. The van der Waals surface area contributed by atoms with Gasteiger partial charge in [-0.15, -0.1) is 0 Å². The third kappa shape index (κ3) is 4.86. The zero-order valence-electron chi connectivity index (χ0n) is 20.2. The summed E-state index contributed by atoms with van der Waals surface area (Å²) in [7, 11) is 0. The Labute approximate surface area is 208 Å². The highest BCUT2D eigenvalue weighted by Crippen LogP contribution is 2.31. The molecule has 9 heteroatoms. The van der Waals surface area contributed by atoms with E-state index in [0.717, 1.165) is 11.4 Å². The number of imidazole rings is 1. The molecule has 0 aliphatic carbocycles. The van der Waals surface area contributed by atoms with Crippen LogP contribution in [0.2, 0.25) is 0 Å². The normalized spacial score (nSPS) is 14.4. The first-order valence-electron chi connectivity index (χ1n) is 11.9. The molecule has 2 aromatic carbocycles. The quantitative estimate of drug-likeness (QED) is 0.414. The van der Waals surface area contributed by atoms with E-state index in [1.807, 2.05) is 47.9 Å². The van der Waals surface area contributed by atoms with Crippen molar-refractivity contribution in [1.29, 1.82) is 0 Å². The maximum atomic E-state index is 13.5. The Morgan fingerprint density at radius 1 is 1.14 bits per heavy atom. The summed E-state index contributed by atoms with van der Waals surface area (Å²) in [6, 6.07) is 14.8. The number of pyridine rings is 1. The zero-order chi connectivity index (χ0) is 25.1. The number of amides is 2. The van der Waals surface area contributed by atoms with Gasteiger partial charge in [0.15, 0.2) is 11.5 Å². The number of aromatic nitrogens is 3. The van der Waals surface area contributed by atoms with Gasteiger partial charge >= 0.3 is 0 Å². The summed E-state index contributed by atoms with van der Waals surface area (Å²) >= 11 is 0. The molecular weight excluding hydrogens is 458 g/mol. The molecule has 3 heterocycles. The number of carbonyl (C=O) groups is 2. The zero-order valence-corrected chi connectivity index (χ0v) is 20.2. The van der Waals surface area contributed by atoms with E-state index < -0.39 is 0 Å². The van der Waals surface area contributed by atoms with Crippen molar-refractivity contribution in [1.82, 2.24) is 19.9 Å². The smallest absolute Gasteiger partial charge is 0.253 e. The Morgan fingerprint density at radius 2 is 1.97 bits per heavy atom. The second-order valence-electron chi connectivity index (χ2n) is 8.61. The van der Waals surface area contributed by atoms with Crippen molar-refractivity contribution < 1.29 is 19.1 Å². The van der Waals surface area contributed by atoms with E-state index in [4.69, 9.17) is 14.5 Å². The topological polar surface area (TPSA) is 107 Å². The van der Waals surface area contributed by atoms with Crippen molar-refractivity contribution in [3.63, 3.8) is 0 Å². The number of aryl methyl sites for hydroxylation is 1. The molecule has 2 N–H and O–H groups in total. The number of fused-ring (bicyclic) bond motifs is 2. The molecule has 4 aromatic rings. The maximum Gasteiger partial charge on any atom is 0.253 e. The Hall–Kier alpha value is -4.40. The molecule has 36 heavy (non-hydrogen) atoms. The van der Waals surface area contributed by atoms with Crippen molar-refractivity contribution in [2.75, 3.05) is 18.5 Å². The molecule has 0 radical (unpaired) electrons. The van der Waals surface area contributed by atoms with Gasteiger partial charge in [0.2, 0.25) is 5.91 Å². The lowest BCUT2D eigenvalue weighted by Gasteiger charge is -2.26. The molecule has 0 bridgehead atoms. The van der Waals surface area contributed by atoms with Crippen LogP contribution in [0.15, 0.2) is 60.9 Å². The van der Waals surface area contributed by atoms with Crippen LogP contribution in [0.4, 0.5) is 5.69 Å². The average molecular weight is 486 g/mol. The molecule has 0 unspecified atom stereocenters. The minimum Gasteiger partial charge on any atom is -0.486 e. The van der Waals surface area contributed by atoms with Crippen LogP contribution in [-0.2, 0) is 17.8 Å². The van der Waals surface area contributed by atoms with Gasteiger partial charge in [-0.25, -0.2) is 4.98 Å². The number of hydrogen-bond donors (Lipinski definition) is 2. The fraction of sp³-hybridized carbons (Fsp3) is 0.259. The first-order chi connectivity index (χ1) is 17.5. The molecule has 0 saturated carbocycles. The third-order valence-electron chi connectivity index (χ3n) is 5.92. The molecule has 2 amide bonds. The van der Waals surface area contributed by atoms with Gasteiger partial charge < -0.3 is 24.7 Å². The van der Waals surface area contributed by atoms with Crippen LogP contribution in [0, 0.1) is 0 Å². The number of nitrogens with one attached hydrogen (secondary N) is 2. The molecule has 0 spiro atoms. The SMILES string of the molecule is CCc1nc2cc(NC(C)=O)cc(C(=O)NC[C@H]3COc4ccccc4O3)c2n1Cc1cccnc1. The summed E-state index contributed by atoms with van der Waals surface area (Å²) in [5.41, 5.74) is 3.27. The number of hydrogen-bond acceptors (Lipinski definition) is 6. The minimum atomic E-state index is -0.329. The van der Waals surface area contributed by atoms with Gasteiger partial charge in [-0.3, -0.25) is 14.6 Å². The predicted molar refractivity (Wildman–Crippen MR) is 135 cm³/mol. The summed E-state index contributed by atoms with van der Waals surface area (Å²) in [5.74, 6) is 1.67. The lowest BCUT2D eigenvalue weighted by Crippen LogP contribution is -2.40. The lowest BCUT2D eigenvalue weighted by molar-refractivity contribution is -0.114. The summed E-state index contributed by atoms with van der Waals surface area (Å²) in [5, 5.41) is 5.76. The maximum absolute atomic E-state index is 13.5. The fourth-order valence-electron chi connectivity index (χ4n) is 4.34. The van der Waals surface area contributed by atoms with E-state index in [2.05, 4.69) is 15.6 Å². The number of nitrogens with zero attached hydrogens (tertiary/aromatic N) is 3. The highest BCUT2D eigenvalue weighted by atomic mass is 16.6. The Morgan fingerprint density at radius 3 is 2.72 bits per heavy atom. The molecule has 9 nitrogen and oxygen atoms in total. The average Bonchev–Trinajstić information content (AvgIpc) is 3.24. The van der Waals surface area contributed by atoms with Gasteiger partial charge in [-0.2, -0.15) is 0 Å². The number of ether oxygens (including phenoxy) is 2. The monoisotopic (exact) mass is 485 g/mol. The van der Waals surface area contributed by atoms with Gasteiger partial charge in [-0.05, 0) is 35.9 Å². The summed E-state index contributed by atoms with van der Waals surface area (Å²) < 4.78 is 13.8. The van der Waals surface area contributed by atoms with E-state index >= 15 is 0 Å². The summed E-state index contributed by atoms with van der Waals surface area (Å²) in [4.78, 5) is 34.3. The second kappa shape index (κ2) is 10.1. The van der Waals surface area contributed by atoms with E-state index in [9.17, 15) is 9.59 Å². The van der Waals surface area contributed by atoms with Crippen LogP contribution >= 0.6 is 0 Å². The summed E-state index contributed by atoms with van der Waals surface area (Å²) in [6.07, 6.45) is 3.88. The van der Waals surface area contributed by atoms with Crippen LogP contribution in [0.1, 0.15) is 35.6 Å². The van der Waals surface area contributed by atoms with Crippen LogP contribution in [-0.4, -0.2) is 45.6 Å². The van der Waals surface area contributed by atoms with Gasteiger partial charge in [0, 0.05) is 31.4 Å². The molecule has 1 atom stereocenters. The molecule has 5 rings (SSSR count). The largest absolute Gasteiger partial charge is 0.486 e. The third-order valence-corrected chi connectivity index (χ3v) is 5.92. The van der Waals surface area contributed by atoms with Gasteiger partial charge in [0.1, 0.15) is 18.5 Å². The minimum absolute atomic E-state index is 0.224.